The molecule has 1 aliphatic rings. The summed E-state index contributed by atoms with van der Waals surface area (Å²) in [6.45, 7) is 1.69. The summed E-state index contributed by atoms with van der Waals surface area (Å²) in [5.41, 5.74) is 2.91. The van der Waals surface area contributed by atoms with Crippen LogP contribution in [0.1, 0.15) is 56.1 Å². The summed E-state index contributed by atoms with van der Waals surface area (Å²) >= 11 is 0. The molecule has 1 fully saturated rings. The maximum Gasteiger partial charge on any atom is 0.310 e. The Bertz CT molecular complexity index is 507. The van der Waals surface area contributed by atoms with Gasteiger partial charge in [0, 0.05) is 5.92 Å². The highest BCUT2D eigenvalue weighted by Crippen LogP contribution is 2.25. The van der Waals surface area contributed by atoms with Crippen LogP contribution in [-0.2, 0) is 11.2 Å². The number of carbonyl (C=O) groups is 1. The Hall–Kier alpha value is -1.84. The van der Waals surface area contributed by atoms with Crippen molar-refractivity contribution < 1.29 is 15.1 Å². The molecule has 4 heteroatoms. The number of hydrogen-bond acceptors (Lipinski definition) is 3. The minimum atomic E-state index is -0.804. The molecular weight excluding hydrogens is 266 g/mol. The van der Waals surface area contributed by atoms with Crippen LogP contribution in [0.2, 0.25) is 0 Å². The maximum atomic E-state index is 11.0. The van der Waals surface area contributed by atoms with Gasteiger partial charge in [-0.3, -0.25) is 4.79 Å². The van der Waals surface area contributed by atoms with Crippen molar-refractivity contribution in [3.05, 3.63) is 35.4 Å². The number of nitrogens with zero attached hydrogens (tertiary/aromatic N) is 1. The Labute approximate surface area is 125 Å². The monoisotopic (exact) mass is 289 g/mol. The molecule has 0 spiro atoms. The standard InChI is InChI=1S/C17H23NO3/c1-12(17(19)20)14-9-7-13(8-10-14)11-15-5-3-2-4-6-16(15)18-21/h7-10,12,15,21H,2-6,11H2,1H3,(H,19,20)/b18-16-/t12-,15-/m0/s1. The van der Waals surface area contributed by atoms with Crippen LogP contribution in [0.3, 0.4) is 0 Å². The average molecular weight is 289 g/mol. The zero-order chi connectivity index (χ0) is 15.2. The highest BCUT2D eigenvalue weighted by Gasteiger charge is 2.20. The van der Waals surface area contributed by atoms with Gasteiger partial charge in [-0.15, -0.1) is 0 Å². The molecule has 0 aliphatic heterocycles. The minimum absolute atomic E-state index is 0.306. The molecule has 1 saturated carbocycles. The van der Waals surface area contributed by atoms with Gasteiger partial charge in [0.2, 0.25) is 0 Å². The SMILES string of the molecule is C[C@H](C(=O)O)c1ccc(C[C@@H]2CCCCC/C2=N/O)cc1. The van der Waals surface area contributed by atoms with Gasteiger partial charge in [-0.25, -0.2) is 0 Å². The molecule has 1 aromatic rings. The second kappa shape index (κ2) is 7.25. The smallest absolute Gasteiger partial charge is 0.310 e. The van der Waals surface area contributed by atoms with Crippen molar-refractivity contribution in [3.63, 3.8) is 0 Å². The van der Waals surface area contributed by atoms with Crippen molar-refractivity contribution in [3.8, 4) is 0 Å². The molecule has 0 heterocycles. The van der Waals surface area contributed by atoms with Crippen LogP contribution in [0, 0.1) is 5.92 Å². The van der Waals surface area contributed by atoms with Gasteiger partial charge in [0.05, 0.1) is 11.6 Å². The lowest BCUT2D eigenvalue weighted by Crippen LogP contribution is -2.16. The zero-order valence-electron chi connectivity index (χ0n) is 12.5. The molecule has 0 saturated heterocycles. The molecule has 2 rings (SSSR count). The van der Waals surface area contributed by atoms with Gasteiger partial charge < -0.3 is 10.3 Å². The van der Waals surface area contributed by atoms with E-state index in [1.807, 2.05) is 24.3 Å². The van der Waals surface area contributed by atoms with E-state index in [1.54, 1.807) is 6.92 Å². The first-order chi connectivity index (χ1) is 10.1. The Morgan fingerprint density at radius 1 is 1.29 bits per heavy atom. The Balaban J connectivity index is 2.07. The molecular formula is C17H23NO3. The molecule has 114 valence electrons. The fourth-order valence-corrected chi connectivity index (χ4v) is 2.97. The molecule has 1 aliphatic carbocycles. The first-order valence-corrected chi connectivity index (χ1v) is 7.64. The summed E-state index contributed by atoms with van der Waals surface area (Å²) in [6, 6.07) is 7.77. The Morgan fingerprint density at radius 3 is 2.62 bits per heavy atom. The summed E-state index contributed by atoms with van der Waals surface area (Å²) in [7, 11) is 0. The van der Waals surface area contributed by atoms with E-state index in [0.717, 1.165) is 37.0 Å². The molecule has 4 nitrogen and oxygen atoms in total. The second-order valence-corrected chi connectivity index (χ2v) is 5.89. The predicted octanol–water partition coefficient (Wildman–Crippen LogP) is 3.83. The van der Waals surface area contributed by atoms with E-state index < -0.39 is 11.9 Å². The van der Waals surface area contributed by atoms with Crippen LogP contribution in [0.25, 0.3) is 0 Å². The number of benzene rings is 1. The van der Waals surface area contributed by atoms with Crippen LogP contribution < -0.4 is 0 Å². The number of aliphatic carboxylic acids is 1. The van der Waals surface area contributed by atoms with E-state index in [0.29, 0.717) is 5.92 Å². The van der Waals surface area contributed by atoms with Crippen LogP contribution in [0.4, 0.5) is 0 Å². The summed E-state index contributed by atoms with van der Waals surface area (Å²) in [5.74, 6) is -0.979. The van der Waals surface area contributed by atoms with Gasteiger partial charge in [0.25, 0.3) is 0 Å². The third-order valence-electron chi connectivity index (χ3n) is 4.42. The van der Waals surface area contributed by atoms with Crippen LogP contribution in [0.15, 0.2) is 29.4 Å². The quantitative estimate of drug-likeness (QED) is 0.503. The van der Waals surface area contributed by atoms with Crippen LogP contribution in [-0.4, -0.2) is 22.0 Å². The van der Waals surface area contributed by atoms with Crippen molar-refractivity contribution >= 4 is 11.7 Å². The van der Waals surface area contributed by atoms with Crippen molar-refractivity contribution in [2.75, 3.05) is 0 Å². The van der Waals surface area contributed by atoms with E-state index >= 15 is 0 Å². The Morgan fingerprint density at radius 2 is 2.00 bits per heavy atom. The first-order valence-electron chi connectivity index (χ1n) is 7.64. The summed E-state index contributed by atoms with van der Waals surface area (Å²) in [4.78, 5) is 11.0. The molecule has 0 unspecified atom stereocenters. The summed E-state index contributed by atoms with van der Waals surface area (Å²) in [5, 5.41) is 21.7. The lowest BCUT2D eigenvalue weighted by atomic mass is 9.90. The molecule has 0 aromatic heterocycles. The molecule has 0 radical (unpaired) electrons. The topological polar surface area (TPSA) is 69.9 Å². The van der Waals surface area contributed by atoms with Gasteiger partial charge in [-0.2, -0.15) is 0 Å². The number of carboxylic acids is 1. The van der Waals surface area contributed by atoms with E-state index in [9.17, 15) is 4.79 Å². The van der Waals surface area contributed by atoms with Gasteiger partial charge in [0.15, 0.2) is 0 Å². The van der Waals surface area contributed by atoms with Crippen molar-refractivity contribution in [2.24, 2.45) is 11.1 Å². The van der Waals surface area contributed by atoms with Crippen molar-refractivity contribution in [1.82, 2.24) is 0 Å². The minimum Gasteiger partial charge on any atom is -0.481 e. The van der Waals surface area contributed by atoms with E-state index in [2.05, 4.69) is 5.16 Å². The van der Waals surface area contributed by atoms with Crippen molar-refractivity contribution in [2.45, 2.75) is 51.4 Å². The number of carboxylic acid groups (broad SMARTS) is 1. The third-order valence-corrected chi connectivity index (χ3v) is 4.42. The average Bonchev–Trinajstić information content (AvgIpc) is 2.72. The third kappa shape index (κ3) is 4.06. The number of hydrogen-bond donors (Lipinski definition) is 2. The largest absolute Gasteiger partial charge is 0.481 e. The molecule has 2 N–H and O–H groups in total. The first kappa shape index (κ1) is 15.5. The normalized spacial score (nSPS) is 22.7. The zero-order valence-corrected chi connectivity index (χ0v) is 12.5. The lowest BCUT2D eigenvalue weighted by Gasteiger charge is -2.16. The molecule has 21 heavy (non-hydrogen) atoms. The highest BCUT2D eigenvalue weighted by atomic mass is 16.4. The molecule has 0 amide bonds. The van der Waals surface area contributed by atoms with Gasteiger partial charge in [0.1, 0.15) is 0 Å². The summed E-state index contributed by atoms with van der Waals surface area (Å²) < 4.78 is 0. The van der Waals surface area contributed by atoms with Crippen LogP contribution in [0.5, 0.6) is 0 Å². The van der Waals surface area contributed by atoms with Gasteiger partial charge >= 0.3 is 5.97 Å². The number of rotatable bonds is 4. The summed E-state index contributed by atoms with van der Waals surface area (Å²) in [6.07, 6.45) is 6.29. The van der Waals surface area contributed by atoms with Crippen molar-refractivity contribution in [1.29, 1.82) is 0 Å². The number of oxime groups is 1. The van der Waals surface area contributed by atoms with Crippen LogP contribution >= 0.6 is 0 Å². The van der Waals surface area contributed by atoms with E-state index in [4.69, 9.17) is 10.3 Å². The Kier molecular flexibility index (Phi) is 5.37. The second-order valence-electron chi connectivity index (χ2n) is 5.89. The fraction of sp³-hybridized carbons (Fsp3) is 0.529. The lowest BCUT2D eigenvalue weighted by molar-refractivity contribution is -0.138. The molecule has 0 bridgehead atoms. The molecule has 1 aromatic carbocycles. The maximum absolute atomic E-state index is 11.0. The predicted molar refractivity (Wildman–Crippen MR) is 82.0 cm³/mol. The van der Waals surface area contributed by atoms with E-state index in [1.165, 1.54) is 18.4 Å². The van der Waals surface area contributed by atoms with Gasteiger partial charge in [-0.05, 0) is 43.7 Å². The highest BCUT2D eigenvalue weighted by molar-refractivity contribution is 5.86. The van der Waals surface area contributed by atoms with E-state index in [-0.39, 0.29) is 0 Å². The van der Waals surface area contributed by atoms with Gasteiger partial charge in [-0.1, -0.05) is 42.3 Å². The molecule has 2 atom stereocenters. The fourth-order valence-electron chi connectivity index (χ4n) is 2.97.